The molecule has 1 unspecified atom stereocenters. The third-order valence-electron chi connectivity index (χ3n) is 2.88. The predicted octanol–water partition coefficient (Wildman–Crippen LogP) is 3.58. The molecular weight excluding hydrogens is 244 g/mol. The van der Waals surface area contributed by atoms with Crippen molar-refractivity contribution in [3.05, 3.63) is 40.2 Å². The molecule has 2 rings (SSSR count). The minimum absolute atomic E-state index is 0.233. The maximum atomic E-state index is 5.86. The first-order valence-electron chi connectivity index (χ1n) is 6.53. The largest absolute Gasteiger partial charge is 0.464 e. The second kappa shape index (κ2) is 6.71. The monoisotopic (exact) mass is 264 g/mol. The molecule has 0 fully saturated rings. The summed E-state index contributed by atoms with van der Waals surface area (Å²) in [6.45, 7) is 5.28. The molecule has 0 aliphatic heterocycles. The molecule has 1 N–H and O–H groups in total. The summed E-state index contributed by atoms with van der Waals surface area (Å²) in [5.41, 5.74) is 0. The molecule has 1 atom stereocenters. The Labute approximate surface area is 112 Å². The number of furan rings is 1. The van der Waals surface area contributed by atoms with Gasteiger partial charge < -0.3 is 9.73 Å². The Morgan fingerprint density at radius 3 is 2.89 bits per heavy atom. The molecule has 2 heterocycles. The predicted molar refractivity (Wildman–Crippen MR) is 74.9 cm³/mol. The van der Waals surface area contributed by atoms with Crippen molar-refractivity contribution >= 4 is 11.3 Å². The summed E-state index contributed by atoms with van der Waals surface area (Å²) in [5.74, 6) is 2.07. The number of hydrogen-bond donors (Lipinski definition) is 1. The van der Waals surface area contributed by atoms with Gasteiger partial charge in [-0.05, 0) is 25.1 Å². The topological polar surface area (TPSA) is 38.1 Å². The highest BCUT2D eigenvalue weighted by Crippen LogP contribution is 2.22. The Balaban J connectivity index is 2.08. The summed E-state index contributed by atoms with van der Waals surface area (Å²) >= 11 is 1.70. The highest BCUT2D eigenvalue weighted by molar-refractivity contribution is 7.09. The van der Waals surface area contributed by atoms with Crippen LogP contribution in [0.4, 0.5) is 0 Å². The minimum atomic E-state index is 0.233. The van der Waals surface area contributed by atoms with E-state index < -0.39 is 0 Å². The van der Waals surface area contributed by atoms with Crippen LogP contribution in [0.25, 0.3) is 0 Å². The number of rotatable bonds is 7. The lowest BCUT2D eigenvalue weighted by molar-refractivity contribution is 0.392. The first-order valence-corrected chi connectivity index (χ1v) is 7.41. The van der Waals surface area contributed by atoms with Crippen molar-refractivity contribution in [1.82, 2.24) is 10.3 Å². The highest BCUT2D eigenvalue weighted by Gasteiger charge is 2.16. The molecule has 18 heavy (non-hydrogen) atoms. The Kier molecular flexibility index (Phi) is 4.96. The summed E-state index contributed by atoms with van der Waals surface area (Å²) in [6, 6.07) is 4.38. The average Bonchev–Trinajstić information content (AvgIpc) is 3.05. The Morgan fingerprint density at radius 2 is 2.28 bits per heavy atom. The number of nitrogens with zero attached hydrogens (tertiary/aromatic N) is 1. The Bertz CT molecular complexity index is 450. The van der Waals surface area contributed by atoms with E-state index in [4.69, 9.17) is 4.42 Å². The van der Waals surface area contributed by atoms with Gasteiger partial charge in [-0.15, -0.1) is 11.3 Å². The molecule has 2 aromatic heterocycles. The molecule has 0 amide bonds. The van der Waals surface area contributed by atoms with Crippen LogP contribution in [0, 0.1) is 0 Å². The third-order valence-corrected chi connectivity index (χ3v) is 3.68. The van der Waals surface area contributed by atoms with E-state index in [1.807, 2.05) is 11.6 Å². The van der Waals surface area contributed by atoms with Gasteiger partial charge in [0.05, 0.1) is 11.0 Å². The van der Waals surface area contributed by atoms with Gasteiger partial charge in [0.2, 0.25) is 0 Å². The molecule has 0 aliphatic rings. The van der Waals surface area contributed by atoms with E-state index in [0.717, 1.165) is 42.3 Å². The summed E-state index contributed by atoms with van der Waals surface area (Å²) in [6.07, 6.45) is 4.82. The fourth-order valence-corrected chi connectivity index (χ4v) is 2.56. The number of nitrogens with one attached hydrogen (secondary N) is 1. The molecule has 0 radical (unpaired) electrons. The van der Waals surface area contributed by atoms with E-state index in [-0.39, 0.29) is 6.04 Å². The second-order valence-electron chi connectivity index (χ2n) is 4.29. The number of aromatic nitrogens is 1. The van der Waals surface area contributed by atoms with Gasteiger partial charge in [-0.25, -0.2) is 4.98 Å². The number of aryl methyl sites for hydroxylation is 1. The van der Waals surface area contributed by atoms with Crippen LogP contribution in [0.3, 0.4) is 0 Å². The van der Waals surface area contributed by atoms with Gasteiger partial charge in [0.15, 0.2) is 0 Å². The normalized spacial score (nSPS) is 12.8. The van der Waals surface area contributed by atoms with Crippen molar-refractivity contribution in [3.63, 3.8) is 0 Å². The first-order chi connectivity index (χ1) is 8.83. The van der Waals surface area contributed by atoms with Gasteiger partial charge in [0.25, 0.3) is 0 Å². The Morgan fingerprint density at radius 1 is 1.39 bits per heavy atom. The van der Waals surface area contributed by atoms with Crippen LogP contribution in [0.1, 0.15) is 42.8 Å². The molecule has 0 saturated heterocycles. The van der Waals surface area contributed by atoms with Crippen LogP contribution in [-0.4, -0.2) is 11.5 Å². The molecule has 98 valence electrons. The fourth-order valence-electron chi connectivity index (χ4n) is 1.89. The van der Waals surface area contributed by atoms with E-state index in [2.05, 4.69) is 36.3 Å². The molecule has 3 nitrogen and oxygen atoms in total. The lowest BCUT2D eigenvalue weighted by atomic mass is 10.1. The molecular formula is C14H20N2OS. The van der Waals surface area contributed by atoms with E-state index in [1.54, 1.807) is 11.3 Å². The zero-order chi connectivity index (χ0) is 12.8. The van der Waals surface area contributed by atoms with E-state index in [1.165, 1.54) is 0 Å². The van der Waals surface area contributed by atoms with Crippen LogP contribution in [-0.2, 0) is 12.8 Å². The zero-order valence-electron chi connectivity index (χ0n) is 11.0. The zero-order valence-corrected chi connectivity index (χ0v) is 11.8. The highest BCUT2D eigenvalue weighted by atomic mass is 32.1. The molecule has 0 aliphatic carbocycles. The van der Waals surface area contributed by atoms with Crippen LogP contribution in [0.5, 0.6) is 0 Å². The number of thiazole rings is 1. The number of hydrogen-bond acceptors (Lipinski definition) is 4. The van der Waals surface area contributed by atoms with E-state index in [0.29, 0.717) is 0 Å². The van der Waals surface area contributed by atoms with Crippen LogP contribution < -0.4 is 5.32 Å². The fraction of sp³-hybridized carbons (Fsp3) is 0.500. The van der Waals surface area contributed by atoms with Crippen LogP contribution in [0.2, 0.25) is 0 Å². The quantitative estimate of drug-likeness (QED) is 0.830. The summed E-state index contributed by atoms with van der Waals surface area (Å²) in [4.78, 5) is 4.35. The van der Waals surface area contributed by atoms with Gasteiger partial charge in [-0.3, -0.25) is 0 Å². The maximum Gasteiger partial charge on any atom is 0.121 e. The third kappa shape index (κ3) is 3.43. The maximum absolute atomic E-state index is 5.86. The summed E-state index contributed by atoms with van der Waals surface area (Å²) in [5, 5.41) is 6.70. The van der Waals surface area contributed by atoms with E-state index in [9.17, 15) is 0 Å². The lowest BCUT2D eigenvalue weighted by Gasteiger charge is -2.14. The molecule has 0 bridgehead atoms. The summed E-state index contributed by atoms with van der Waals surface area (Å²) < 4.78 is 5.86. The first kappa shape index (κ1) is 13.3. The van der Waals surface area contributed by atoms with Gasteiger partial charge in [-0.2, -0.15) is 0 Å². The molecule has 0 saturated carbocycles. The van der Waals surface area contributed by atoms with Gasteiger partial charge >= 0.3 is 0 Å². The van der Waals surface area contributed by atoms with Crippen molar-refractivity contribution in [2.75, 3.05) is 6.54 Å². The van der Waals surface area contributed by atoms with Crippen LogP contribution >= 0.6 is 11.3 Å². The lowest BCUT2D eigenvalue weighted by Crippen LogP contribution is -2.23. The molecule has 0 aromatic carbocycles. The average molecular weight is 264 g/mol. The molecule has 0 spiro atoms. The van der Waals surface area contributed by atoms with Crippen molar-refractivity contribution < 1.29 is 4.42 Å². The SMILES string of the molecule is CCCNC(Cc1nccs1)c1ccc(CC)o1. The van der Waals surface area contributed by atoms with Gasteiger partial charge in [0.1, 0.15) is 11.5 Å². The van der Waals surface area contributed by atoms with Crippen molar-refractivity contribution in [3.8, 4) is 0 Å². The smallest absolute Gasteiger partial charge is 0.121 e. The molecule has 4 heteroatoms. The Hall–Kier alpha value is -1.13. The standard InChI is InChI=1S/C14H20N2OS/c1-3-7-15-12(10-14-16-8-9-18-14)13-6-5-11(4-2)17-13/h5-6,8-9,12,15H,3-4,7,10H2,1-2H3. The van der Waals surface area contributed by atoms with Crippen molar-refractivity contribution in [1.29, 1.82) is 0 Å². The van der Waals surface area contributed by atoms with Crippen molar-refractivity contribution in [2.24, 2.45) is 0 Å². The molecule has 2 aromatic rings. The van der Waals surface area contributed by atoms with Gasteiger partial charge in [0, 0.05) is 24.4 Å². The minimum Gasteiger partial charge on any atom is -0.464 e. The second-order valence-corrected chi connectivity index (χ2v) is 5.27. The van der Waals surface area contributed by atoms with E-state index >= 15 is 0 Å². The summed E-state index contributed by atoms with van der Waals surface area (Å²) in [7, 11) is 0. The van der Waals surface area contributed by atoms with Gasteiger partial charge in [-0.1, -0.05) is 13.8 Å². The van der Waals surface area contributed by atoms with Crippen LogP contribution in [0.15, 0.2) is 28.1 Å². The van der Waals surface area contributed by atoms with Crippen molar-refractivity contribution in [2.45, 2.75) is 39.2 Å².